The number of hydrogen-bond acceptors (Lipinski definition) is 3. The van der Waals surface area contributed by atoms with E-state index in [9.17, 15) is 4.79 Å². The standard InChI is InChI=1S/C18H18N2O2/c21-18(19-10-4-7-14-5-2-1-3-6-14)12-15-8-9-16-17(11-15)22-13-20-16/h1-3,5-6,8-9,11,13H,4,7,10,12H2,(H,19,21). The summed E-state index contributed by atoms with van der Waals surface area (Å²) in [5, 5.41) is 2.96. The van der Waals surface area contributed by atoms with Crippen molar-refractivity contribution in [3.8, 4) is 0 Å². The van der Waals surface area contributed by atoms with Crippen LogP contribution >= 0.6 is 0 Å². The van der Waals surface area contributed by atoms with E-state index in [1.54, 1.807) is 0 Å². The van der Waals surface area contributed by atoms with E-state index in [-0.39, 0.29) is 5.91 Å². The molecule has 0 aliphatic rings. The number of benzene rings is 2. The molecule has 0 atom stereocenters. The molecule has 1 amide bonds. The smallest absolute Gasteiger partial charge is 0.224 e. The summed E-state index contributed by atoms with van der Waals surface area (Å²) in [6, 6.07) is 15.9. The van der Waals surface area contributed by atoms with Crippen molar-refractivity contribution < 1.29 is 9.21 Å². The summed E-state index contributed by atoms with van der Waals surface area (Å²) >= 11 is 0. The fraction of sp³-hybridized carbons (Fsp3) is 0.222. The van der Waals surface area contributed by atoms with Gasteiger partial charge >= 0.3 is 0 Å². The van der Waals surface area contributed by atoms with Gasteiger partial charge in [0.1, 0.15) is 5.52 Å². The molecular weight excluding hydrogens is 276 g/mol. The number of fused-ring (bicyclic) bond motifs is 1. The molecule has 0 bridgehead atoms. The molecule has 0 aliphatic carbocycles. The molecule has 4 nitrogen and oxygen atoms in total. The first-order chi connectivity index (χ1) is 10.8. The zero-order valence-corrected chi connectivity index (χ0v) is 12.3. The second kappa shape index (κ2) is 6.89. The fourth-order valence-electron chi connectivity index (χ4n) is 2.42. The zero-order valence-electron chi connectivity index (χ0n) is 12.3. The van der Waals surface area contributed by atoms with Crippen LogP contribution in [0.4, 0.5) is 0 Å². The van der Waals surface area contributed by atoms with Crippen molar-refractivity contribution in [3.63, 3.8) is 0 Å². The van der Waals surface area contributed by atoms with Gasteiger partial charge in [-0.2, -0.15) is 0 Å². The average Bonchev–Trinajstić information content (AvgIpc) is 3.00. The summed E-state index contributed by atoms with van der Waals surface area (Å²) in [7, 11) is 0. The second-order valence-electron chi connectivity index (χ2n) is 5.27. The van der Waals surface area contributed by atoms with Crippen LogP contribution in [0.2, 0.25) is 0 Å². The Hall–Kier alpha value is -2.62. The normalized spacial score (nSPS) is 10.7. The molecule has 3 aromatic rings. The molecule has 0 saturated heterocycles. The summed E-state index contributed by atoms with van der Waals surface area (Å²) in [5.74, 6) is 0.0342. The van der Waals surface area contributed by atoms with Crippen LogP contribution in [0.3, 0.4) is 0 Å². The van der Waals surface area contributed by atoms with Gasteiger partial charge in [-0.25, -0.2) is 4.98 Å². The number of amides is 1. The molecule has 4 heteroatoms. The minimum Gasteiger partial charge on any atom is -0.443 e. The first kappa shape index (κ1) is 14.3. The van der Waals surface area contributed by atoms with Gasteiger partial charge < -0.3 is 9.73 Å². The van der Waals surface area contributed by atoms with Crippen LogP contribution in [-0.4, -0.2) is 17.4 Å². The minimum absolute atomic E-state index is 0.0342. The maximum atomic E-state index is 11.9. The predicted octanol–water partition coefficient (Wildman–Crippen LogP) is 3.12. The summed E-state index contributed by atoms with van der Waals surface area (Å²) < 4.78 is 5.24. The number of carbonyl (C=O) groups is 1. The monoisotopic (exact) mass is 294 g/mol. The van der Waals surface area contributed by atoms with Crippen LogP contribution in [0, 0.1) is 0 Å². The van der Waals surface area contributed by atoms with E-state index >= 15 is 0 Å². The van der Waals surface area contributed by atoms with Gasteiger partial charge in [0.2, 0.25) is 5.91 Å². The van der Waals surface area contributed by atoms with Gasteiger partial charge in [-0.05, 0) is 36.1 Å². The lowest BCUT2D eigenvalue weighted by molar-refractivity contribution is -0.120. The Morgan fingerprint density at radius 3 is 2.82 bits per heavy atom. The van der Waals surface area contributed by atoms with Crippen molar-refractivity contribution in [1.29, 1.82) is 0 Å². The van der Waals surface area contributed by atoms with Crippen molar-refractivity contribution in [3.05, 3.63) is 66.1 Å². The summed E-state index contributed by atoms with van der Waals surface area (Å²) in [6.45, 7) is 0.693. The summed E-state index contributed by atoms with van der Waals surface area (Å²) in [6.07, 6.45) is 3.70. The van der Waals surface area contributed by atoms with Crippen LogP contribution in [0.25, 0.3) is 11.1 Å². The van der Waals surface area contributed by atoms with E-state index in [0.717, 1.165) is 29.5 Å². The highest BCUT2D eigenvalue weighted by Crippen LogP contribution is 2.14. The molecular formula is C18H18N2O2. The van der Waals surface area contributed by atoms with Gasteiger partial charge in [-0.15, -0.1) is 0 Å². The molecule has 0 fully saturated rings. The van der Waals surface area contributed by atoms with E-state index in [4.69, 9.17) is 4.42 Å². The van der Waals surface area contributed by atoms with Crippen LogP contribution in [0.1, 0.15) is 17.5 Å². The summed E-state index contributed by atoms with van der Waals surface area (Å²) in [4.78, 5) is 16.0. The average molecular weight is 294 g/mol. The van der Waals surface area contributed by atoms with Gasteiger partial charge in [0.15, 0.2) is 12.0 Å². The number of oxazole rings is 1. The number of aryl methyl sites for hydroxylation is 1. The van der Waals surface area contributed by atoms with Crippen molar-refractivity contribution in [2.24, 2.45) is 0 Å². The highest BCUT2D eigenvalue weighted by Gasteiger charge is 2.05. The van der Waals surface area contributed by atoms with E-state index in [1.807, 2.05) is 36.4 Å². The first-order valence-corrected chi connectivity index (χ1v) is 7.44. The lowest BCUT2D eigenvalue weighted by Gasteiger charge is -2.05. The number of hydrogen-bond donors (Lipinski definition) is 1. The molecule has 0 radical (unpaired) electrons. The Bertz CT molecular complexity index is 750. The van der Waals surface area contributed by atoms with E-state index < -0.39 is 0 Å². The third-order valence-electron chi connectivity index (χ3n) is 3.57. The molecule has 0 saturated carbocycles. The molecule has 1 aromatic heterocycles. The molecule has 3 rings (SSSR count). The minimum atomic E-state index is 0.0342. The largest absolute Gasteiger partial charge is 0.443 e. The van der Waals surface area contributed by atoms with Gasteiger partial charge in [0.25, 0.3) is 0 Å². The Morgan fingerprint density at radius 1 is 1.09 bits per heavy atom. The lowest BCUT2D eigenvalue weighted by atomic mass is 10.1. The Labute approximate surface area is 129 Å². The molecule has 112 valence electrons. The Balaban J connectivity index is 1.44. The quantitative estimate of drug-likeness (QED) is 0.711. The van der Waals surface area contributed by atoms with Gasteiger partial charge in [-0.1, -0.05) is 36.4 Å². The van der Waals surface area contributed by atoms with Crippen LogP contribution in [-0.2, 0) is 17.6 Å². The van der Waals surface area contributed by atoms with Crippen molar-refractivity contribution in [1.82, 2.24) is 10.3 Å². The van der Waals surface area contributed by atoms with Crippen LogP contribution in [0.15, 0.2) is 59.3 Å². The molecule has 0 unspecified atom stereocenters. The lowest BCUT2D eigenvalue weighted by Crippen LogP contribution is -2.26. The third kappa shape index (κ3) is 3.73. The van der Waals surface area contributed by atoms with Crippen molar-refractivity contribution in [2.45, 2.75) is 19.3 Å². The Morgan fingerprint density at radius 2 is 1.95 bits per heavy atom. The molecule has 2 aromatic carbocycles. The molecule has 1 heterocycles. The number of carbonyl (C=O) groups excluding carboxylic acids is 1. The number of nitrogens with zero attached hydrogens (tertiary/aromatic N) is 1. The van der Waals surface area contributed by atoms with E-state index in [2.05, 4.69) is 22.4 Å². The van der Waals surface area contributed by atoms with E-state index in [1.165, 1.54) is 12.0 Å². The second-order valence-corrected chi connectivity index (χ2v) is 5.27. The first-order valence-electron chi connectivity index (χ1n) is 7.44. The van der Waals surface area contributed by atoms with Crippen molar-refractivity contribution in [2.75, 3.05) is 6.54 Å². The number of rotatable bonds is 6. The molecule has 1 N–H and O–H groups in total. The highest BCUT2D eigenvalue weighted by atomic mass is 16.3. The van der Waals surface area contributed by atoms with Crippen LogP contribution < -0.4 is 5.32 Å². The van der Waals surface area contributed by atoms with E-state index in [0.29, 0.717) is 13.0 Å². The van der Waals surface area contributed by atoms with Crippen molar-refractivity contribution >= 4 is 17.0 Å². The molecule has 0 spiro atoms. The highest BCUT2D eigenvalue weighted by molar-refractivity contribution is 5.80. The van der Waals surface area contributed by atoms with Crippen LogP contribution in [0.5, 0.6) is 0 Å². The summed E-state index contributed by atoms with van der Waals surface area (Å²) in [5.41, 5.74) is 3.76. The number of aromatic nitrogens is 1. The maximum absolute atomic E-state index is 11.9. The van der Waals surface area contributed by atoms with Gasteiger partial charge in [0, 0.05) is 6.54 Å². The maximum Gasteiger partial charge on any atom is 0.224 e. The fourth-order valence-corrected chi connectivity index (χ4v) is 2.42. The van der Waals surface area contributed by atoms with Gasteiger partial charge in [0.05, 0.1) is 6.42 Å². The molecule has 22 heavy (non-hydrogen) atoms. The zero-order chi connectivity index (χ0) is 15.2. The molecule has 0 aliphatic heterocycles. The van der Waals surface area contributed by atoms with Gasteiger partial charge in [-0.3, -0.25) is 4.79 Å². The topological polar surface area (TPSA) is 55.1 Å². The third-order valence-corrected chi connectivity index (χ3v) is 3.57. The number of nitrogens with one attached hydrogen (secondary N) is 1. The predicted molar refractivity (Wildman–Crippen MR) is 85.5 cm³/mol. The Kier molecular flexibility index (Phi) is 4.49. The SMILES string of the molecule is O=C(Cc1ccc2ncoc2c1)NCCCc1ccccc1.